The number of carbonyl (C=O) groups is 2. The number of hydrogen-bond acceptors (Lipinski definition) is 7. The number of cyclic esters (lactones) is 1. The summed E-state index contributed by atoms with van der Waals surface area (Å²) in [6.07, 6.45) is 2.45. The van der Waals surface area contributed by atoms with Crippen LogP contribution < -0.4 is 0 Å². The van der Waals surface area contributed by atoms with Crippen LogP contribution in [-0.2, 0) is 35.8 Å². The molecule has 7 nitrogen and oxygen atoms in total. The predicted molar refractivity (Wildman–Crippen MR) is 149 cm³/mol. The highest BCUT2D eigenvalue weighted by Crippen LogP contribution is 2.43. The van der Waals surface area contributed by atoms with Gasteiger partial charge in [0.15, 0.2) is 0 Å². The number of allylic oxidation sites excluding steroid dienone is 2. The number of hydrogen-bond donors (Lipinski definition) is 1. The molecule has 230 valence electrons. The SMILES string of the molecule is CO[C@@](C(=O)O[C@H](/C=C(\C)CC[C@@H](O)[C@]1(C)CCC(=O)O1)C/C(C)=C/CCc1ccoc1)(c1ccccc1)C(F)(F)F. The van der Waals surface area contributed by atoms with Gasteiger partial charge in [0.05, 0.1) is 18.6 Å². The number of furan rings is 1. The van der Waals surface area contributed by atoms with E-state index in [0.717, 1.165) is 18.2 Å². The fourth-order valence-corrected chi connectivity index (χ4v) is 5.08. The first-order chi connectivity index (χ1) is 19.8. The van der Waals surface area contributed by atoms with Gasteiger partial charge in [-0.1, -0.05) is 47.6 Å². The third-order valence-electron chi connectivity index (χ3n) is 7.62. The van der Waals surface area contributed by atoms with Crippen LogP contribution in [0.3, 0.4) is 0 Å². The van der Waals surface area contributed by atoms with E-state index in [1.807, 2.05) is 19.1 Å². The molecule has 10 heteroatoms. The Labute approximate surface area is 244 Å². The minimum Gasteiger partial charge on any atom is -0.472 e. The molecule has 0 saturated carbocycles. The summed E-state index contributed by atoms with van der Waals surface area (Å²) in [6.45, 7) is 5.25. The van der Waals surface area contributed by atoms with E-state index in [1.165, 1.54) is 24.3 Å². The van der Waals surface area contributed by atoms with Crippen LogP contribution in [-0.4, -0.2) is 48.1 Å². The average Bonchev–Trinajstić information content (AvgIpc) is 3.57. The highest BCUT2D eigenvalue weighted by atomic mass is 19.4. The van der Waals surface area contributed by atoms with Gasteiger partial charge < -0.3 is 23.7 Å². The monoisotopic (exact) mass is 592 g/mol. The summed E-state index contributed by atoms with van der Waals surface area (Å²) in [4.78, 5) is 25.0. The number of alkyl halides is 3. The molecule has 3 rings (SSSR count). The van der Waals surface area contributed by atoms with Crippen LogP contribution in [0.15, 0.2) is 76.6 Å². The van der Waals surface area contributed by atoms with Crippen molar-refractivity contribution in [2.45, 2.75) is 95.3 Å². The van der Waals surface area contributed by atoms with Gasteiger partial charge in [-0.25, -0.2) is 4.79 Å². The molecule has 1 aromatic heterocycles. The van der Waals surface area contributed by atoms with Crippen LogP contribution in [0.5, 0.6) is 0 Å². The molecule has 0 amide bonds. The number of aliphatic hydroxyl groups is 1. The van der Waals surface area contributed by atoms with Crippen LogP contribution in [0, 0.1) is 0 Å². The van der Waals surface area contributed by atoms with E-state index in [2.05, 4.69) is 0 Å². The van der Waals surface area contributed by atoms with Crippen molar-refractivity contribution in [3.8, 4) is 0 Å². The van der Waals surface area contributed by atoms with Crippen molar-refractivity contribution >= 4 is 11.9 Å². The molecular weight excluding hydrogens is 553 g/mol. The summed E-state index contributed by atoms with van der Waals surface area (Å²) in [5, 5.41) is 10.7. The number of aliphatic hydroxyl groups excluding tert-OH is 1. The van der Waals surface area contributed by atoms with Crippen molar-refractivity contribution < 1.29 is 46.5 Å². The van der Waals surface area contributed by atoms with Gasteiger partial charge in [0, 0.05) is 25.5 Å². The molecule has 0 radical (unpaired) electrons. The standard InChI is InChI=1S/C32H39F3O7/c1-22(9-8-10-24-16-18-40-21-24)19-26(20-23(2)13-14-27(36)30(3)17-15-28(37)42-30)41-29(38)31(39-4,32(33,34)35)25-11-6-5-7-12-25/h5-7,9,11-12,16,18,20-21,26-27,36H,8,10,13-15,17,19H2,1-4H3/b22-9+,23-20+/t26-,27+,30-,31+/m0/s1. The Bertz CT molecular complexity index is 1240. The highest BCUT2D eigenvalue weighted by Gasteiger charge is 2.64. The quantitative estimate of drug-likeness (QED) is 0.192. The molecular formula is C32H39F3O7. The maximum Gasteiger partial charge on any atom is 0.432 e. The molecule has 0 unspecified atom stereocenters. The lowest BCUT2D eigenvalue weighted by Gasteiger charge is -2.33. The number of aryl methyl sites for hydroxylation is 1. The molecule has 0 aliphatic carbocycles. The van der Waals surface area contributed by atoms with Crippen molar-refractivity contribution in [1.82, 2.24) is 0 Å². The van der Waals surface area contributed by atoms with E-state index < -0.39 is 35.6 Å². The first-order valence-corrected chi connectivity index (χ1v) is 13.9. The molecule has 2 aromatic rings. The van der Waals surface area contributed by atoms with E-state index in [4.69, 9.17) is 18.6 Å². The number of benzene rings is 1. The van der Waals surface area contributed by atoms with E-state index in [9.17, 15) is 27.9 Å². The van der Waals surface area contributed by atoms with Crippen LogP contribution in [0.2, 0.25) is 0 Å². The highest BCUT2D eigenvalue weighted by molar-refractivity contribution is 5.83. The maximum atomic E-state index is 14.5. The fourth-order valence-electron chi connectivity index (χ4n) is 5.08. The zero-order valence-electron chi connectivity index (χ0n) is 24.4. The molecule has 1 saturated heterocycles. The Balaban J connectivity index is 1.82. The third-order valence-corrected chi connectivity index (χ3v) is 7.62. The summed E-state index contributed by atoms with van der Waals surface area (Å²) in [6, 6.07) is 8.53. The lowest BCUT2D eigenvalue weighted by atomic mass is 9.91. The second kappa shape index (κ2) is 14.2. The Morgan fingerprint density at radius 3 is 2.45 bits per heavy atom. The van der Waals surface area contributed by atoms with Crippen molar-refractivity contribution in [2.24, 2.45) is 0 Å². The molecule has 4 atom stereocenters. The molecule has 1 N–H and O–H groups in total. The first-order valence-electron chi connectivity index (χ1n) is 13.9. The van der Waals surface area contributed by atoms with Crippen LogP contribution in [0.1, 0.15) is 70.4 Å². The number of methoxy groups -OCH3 is 1. The van der Waals surface area contributed by atoms with Gasteiger partial charge in [-0.3, -0.25) is 4.79 Å². The number of halogens is 3. The number of carbonyl (C=O) groups excluding carboxylic acids is 2. The third kappa shape index (κ3) is 8.13. The topological polar surface area (TPSA) is 95.2 Å². The summed E-state index contributed by atoms with van der Waals surface area (Å²) in [7, 11) is 0.830. The second-order valence-corrected chi connectivity index (χ2v) is 11.0. The lowest BCUT2D eigenvalue weighted by molar-refractivity contribution is -0.277. The fraction of sp³-hybridized carbons (Fsp3) is 0.500. The number of rotatable bonds is 14. The Morgan fingerprint density at radius 2 is 1.88 bits per heavy atom. The normalized spacial score (nSPS) is 21.0. The summed E-state index contributed by atoms with van der Waals surface area (Å²) in [5.41, 5.74) is -2.17. The van der Waals surface area contributed by atoms with Gasteiger partial charge >= 0.3 is 18.1 Å². The second-order valence-electron chi connectivity index (χ2n) is 11.0. The molecule has 42 heavy (non-hydrogen) atoms. The molecule has 0 spiro atoms. The van der Waals surface area contributed by atoms with Crippen molar-refractivity contribution in [3.63, 3.8) is 0 Å². The Kier molecular flexibility index (Phi) is 11.2. The summed E-state index contributed by atoms with van der Waals surface area (Å²) in [5.74, 6) is -1.94. The lowest BCUT2D eigenvalue weighted by Crippen LogP contribution is -2.52. The van der Waals surface area contributed by atoms with E-state index in [0.29, 0.717) is 31.3 Å². The maximum absolute atomic E-state index is 14.5. The van der Waals surface area contributed by atoms with Crippen molar-refractivity contribution in [3.05, 3.63) is 83.3 Å². The van der Waals surface area contributed by atoms with Gasteiger partial charge in [0.25, 0.3) is 5.60 Å². The van der Waals surface area contributed by atoms with Gasteiger partial charge in [-0.05, 0) is 70.6 Å². The number of esters is 2. The summed E-state index contributed by atoms with van der Waals surface area (Å²) < 4.78 is 64.3. The number of ether oxygens (including phenoxy) is 3. The molecule has 1 aliphatic rings. The molecule has 1 fully saturated rings. The van der Waals surface area contributed by atoms with Crippen LogP contribution in [0.4, 0.5) is 13.2 Å². The Morgan fingerprint density at radius 1 is 1.17 bits per heavy atom. The molecule has 1 aromatic carbocycles. The molecule has 0 bridgehead atoms. The first kappa shape index (κ1) is 33.1. The van der Waals surface area contributed by atoms with Crippen LogP contribution >= 0.6 is 0 Å². The minimum absolute atomic E-state index is 0.152. The predicted octanol–water partition coefficient (Wildman–Crippen LogP) is 6.75. The van der Waals surface area contributed by atoms with Crippen molar-refractivity contribution in [2.75, 3.05) is 7.11 Å². The average molecular weight is 593 g/mol. The smallest absolute Gasteiger partial charge is 0.432 e. The van der Waals surface area contributed by atoms with Gasteiger partial charge in [0.2, 0.25) is 0 Å². The molecule has 2 heterocycles. The van der Waals surface area contributed by atoms with Crippen LogP contribution in [0.25, 0.3) is 0 Å². The van der Waals surface area contributed by atoms with Gasteiger partial charge in [-0.15, -0.1) is 0 Å². The minimum atomic E-state index is -5.10. The molecule has 1 aliphatic heterocycles. The zero-order valence-corrected chi connectivity index (χ0v) is 24.4. The van der Waals surface area contributed by atoms with Crippen molar-refractivity contribution in [1.29, 1.82) is 0 Å². The largest absolute Gasteiger partial charge is 0.472 e. The summed E-state index contributed by atoms with van der Waals surface area (Å²) >= 11 is 0. The zero-order chi connectivity index (χ0) is 31.0. The van der Waals surface area contributed by atoms with Gasteiger partial charge in [-0.2, -0.15) is 13.2 Å². The Hall–Kier alpha value is -3.37. The van der Waals surface area contributed by atoms with Gasteiger partial charge in [0.1, 0.15) is 11.7 Å². The van der Waals surface area contributed by atoms with E-state index in [-0.39, 0.29) is 30.8 Å². The van der Waals surface area contributed by atoms with E-state index in [1.54, 1.807) is 38.5 Å². The van der Waals surface area contributed by atoms with E-state index >= 15 is 0 Å².